The lowest BCUT2D eigenvalue weighted by atomic mass is 10.2. The molecule has 3 aromatic rings. The summed E-state index contributed by atoms with van der Waals surface area (Å²) >= 11 is 6.21. The SMILES string of the molecule is Cc1ccc(Nc2ccnc(Nc3ccccc3N3CCOCC3)n2)cc1Cl. The number of ether oxygens (including phenoxy) is 1. The molecule has 2 aromatic carbocycles. The first kappa shape index (κ1) is 18.5. The lowest BCUT2D eigenvalue weighted by molar-refractivity contribution is 0.123. The van der Waals surface area contributed by atoms with E-state index >= 15 is 0 Å². The second-order valence-corrected chi connectivity index (χ2v) is 7.00. The predicted octanol–water partition coefficient (Wildman–Crippen LogP) is 4.76. The third-order valence-corrected chi connectivity index (χ3v) is 5.01. The van der Waals surface area contributed by atoms with Crippen LogP contribution in [0.15, 0.2) is 54.7 Å². The molecule has 0 aliphatic carbocycles. The minimum Gasteiger partial charge on any atom is -0.378 e. The summed E-state index contributed by atoms with van der Waals surface area (Å²) in [4.78, 5) is 11.3. The molecule has 1 aliphatic heterocycles. The number of anilines is 5. The summed E-state index contributed by atoms with van der Waals surface area (Å²) in [5, 5.41) is 7.34. The number of benzene rings is 2. The topological polar surface area (TPSA) is 62.3 Å². The number of hydrogen-bond donors (Lipinski definition) is 2. The number of para-hydroxylation sites is 2. The number of rotatable bonds is 5. The molecule has 1 saturated heterocycles. The van der Waals surface area contributed by atoms with Gasteiger partial charge in [-0.25, -0.2) is 4.98 Å². The van der Waals surface area contributed by atoms with Gasteiger partial charge in [0.05, 0.1) is 24.6 Å². The highest BCUT2D eigenvalue weighted by atomic mass is 35.5. The van der Waals surface area contributed by atoms with Gasteiger partial charge in [0.15, 0.2) is 0 Å². The van der Waals surface area contributed by atoms with Crippen molar-refractivity contribution >= 4 is 40.4 Å². The zero-order chi connectivity index (χ0) is 19.3. The van der Waals surface area contributed by atoms with E-state index in [0.29, 0.717) is 11.8 Å². The number of aryl methyl sites for hydroxylation is 1. The Morgan fingerprint density at radius 1 is 1.04 bits per heavy atom. The molecular weight excluding hydrogens is 374 g/mol. The maximum atomic E-state index is 6.21. The van der Waals surface area contributed by atoms with E-state index in [-0.39, 0.29) is 0 Å². The first-order valence-electron chi connectivity index (χ1n) is 9.24. The van der Waals surface area contributed by atoms with Crippen LogP contribution in [0.25, 0.3) is 0 Å². The van der Waals surface area contributed by atoms with Crippen molar-refractivity contribution < 1.29 is 4.74 Å². The Bertz CT molecular complexity index is 959. The van der Waals surface area contributed by atoms with E-state index in [0.717, 1.165) is 54.0 Å². The summed E-state index contributed by atoms with van der Waals surface area (Å²) in [6, 6.07) is 15.8. The van der Waals surface area contributed by atoms with E-state index in [9.17, 15) is 0 Å². The van der Waals surface area contributed by atoms with Gasteiger partial charge in [-0.2, -0.15) is 4.98 Å². The lowest BCUT2D eigenvalue weighted by Crippen LogP contribution is -2.36. The standard InChI is InChI=1S/C21H22ClN5O/c1-15-6-7-16(14-17(15)22)24-20-8-9-23-21(26-20)25-18-4-2-3-5-19(18)27-10-12-28-13-11-27/h2-9,14H,10-13H2,1H3,(H2,23,24,25,26). The molecule has 144 valence electrons. The van der Waals surface area contributed by atoms with Gasteiger partial charge in [-0.1, -0.05) is 29.8 Å². The molecule has 0 radical (unpaired) electrons. The number of nitrogens with one attached hydrogen (secondary N) is 2. The third-order valence-electron chi connectivity index (χ3n) is 4.60. The van der Waals surface area contributed by atoms with E-state index in [1.54, 1.807) is 6.20 Å². The molecule has 1 aromatic heterocycles. The molecule has 7 heteroatoms. The van der Waals surface area contributed by atoms with E-state index in [4.69, 9.17) is 16.3 Å². The van der Waals surface area contributed by atoms with Crippen LogP contribution in [-0.2, 0) is 4.74 Å². The maximum absolute atomic E-state index is 6.21. The summed E-state index contributed by atoms with van der Waals surface area (Å²) in [7, 11) is 0. The van der Waals surface area contributed by atoms with E-state index in [2.05, 4.69) is 31.6 Å². The summed E-state index contributed by atoms with van der Waals surface area (Å²) in [6.45, 7) is 5.20. The highest BCUT2D eigenvalue weighted by Gasteiger charge is 2.15. The average molecular weight is 396 g/mol. The van der Waals surface area contributed by atoms with Crippen LogP contribution in [0.3, 0.4) is 0 Å². The van der Waals surface area contributed by atoms with Crippen molar-refractivity contribution in [3.05, 3.63) is 65.3 Å². The van der Waals surface area contributed by atoms with Gasteiger partial charge in [-0.05, 0) is 42.8 Å². The van der Waals surface area contributed by atoms with Crippen LogP contribution >= 0.6 is 11.6 Å². The number of aromatic nitrogens is 2. The maximum Gasteiger partial charge on any atom is 0.229 e. The Balaban J connectivity index is 1.53. The van der Waals surface area contributed by atoms with Crippen LogP contribution in [0, 0.1) is 6.92 Å². The van der Waals surface area contributed by atoms with Gasteiger partial charge in [-0.3, -0.25) is 0 Å². The number of halogens is 1. The summed E-state index contributed by atoms with van der Waals surface area (Å²) in [6.07, 6.45) is 1.73. The molecule has 4 rings (SSSR count). The molecule has 2 N–H and O–H groups in total. The van der Waals surface area contributed by atoms with Gasteiger partial charge >= 0.3 is 0 Å². The summed E-state index contributed by atoms with van der Waals surface area (Å²) in [5.41, 5.74) is 4.02. The van der Waals surface area contributed by atoms with E-state index in [1.165, 1.54) is 0 Å². The Kier molecular flexibility index (Phi) is 5.60. The van der Waals surface area contributed by atoms with Crippen LogP contribution in [-0.4, -0.2) is 36.3 Å². The molecule has 0 atom stereocenters. The predicted molar refractivity (Wildman–Crippen MR) is 114 cm³/mol. The molecule has 2 heterocycles. The normalized spacial score (nSPS) is 14.0. The van der Waals surface area contributed by atoms with Crippen LogP contribution in [0.2, 0.25) is 5.02 Å². The van der Waals surface area contributed by atoms with Crippen molar-refractivity contribution in [1.29, 1.82) is 0 Å². The minimum atomic E-state index is 0.531. The van der Waals surface area contributed by atoms with Crippen LogP contribution in [0.4, 0.5) is 28.8 Å². The quantitative estimate of drug-likeness (QED) is 0.649. The molecule has 0 saturated carbocycles. The minimum absolute atomic E-state index is 0.531. The van der Waals surface area contributed by atoms with Crippen molar-refractivity contribution in [2.75, 3.05) is 41.8 Å². The van der Waals surface area contributed by atoms with E-state index < -0.39 is 0 Å². The van der Waals surface area contributed by atoms with Crippen molar-refractivity contribution in [1.82, 2.24) is 9.97 Å². The van der Waals surface area contributed by atoms with Crippen molar-refractivity contribution in [3.8, 4) is 0 Å². The largest absolute Gasteiger partial charge is 0.378 e. The summed E-state index contributed by atoms with van der Waals surface area (Å²) in [5.74, 6) is 1.23. The van der Waals surface area contributed by atoms with Crippen molar-refractivity contribution in [3.63, 3.8) is 0 Å². The third kappa shape index (κ3) is 4.35. The molecule has 0 bridgehead atoms. The average Bonchev–Trinajstić information content (AvgIpc) is 2.72. The second-order valence-electron chi connectivity index (χ2n) is 6.60. The van der Waals surface area contributed by atoms with Crippen LogP contribution in [0.1, 0.15) is 5.56 Å². The molecule has 1 aliphatic rings. The van der Waals surface area contributed by atoms with E-state index in [1.807, 2.05) is 49.4 Å². The molecular formula is C21H22ClN5O. The molecule has 6 nitrogen and oxygen atoms in total. The van der Waals surface area contributed by atoms with Gasteiger partial charge in [0.2, 0.25) is 5.95 Å². The Labute approximate surface area is 169 Å². The zero-order valence-corrected chi connectivity index (χ0v) is 16.4. The number of hydrogen-bond acceptors (Lipinski definition) is 6. The van der Waals surface area contributed by atoms with Gasteiger partial charge in [0.25, 0.3) is 0 Å². The first-order valence-corrected chi connectivity index (χ1v) is 9.62. The highest BCUT2D eigenvalue weighted by Crippen LogP contribution is 2.29. The number of morpholine rings is 1. The smallest absolute Gasteiger partial charge is 0.229 e. The van der Waals surface area contributed by atoms with Gasteiger partial charge in [0.1, 0.15) is 5.82 Å². The molecule has 0 unspecified atom stereocenters. The fourth-order valence-corrected chi connectivity index (χ4v) is 3.27. The Morgan fingerprint density at radius 3 is 2.68 bits per heavy atom. The monoisotopic (exact) mass is 395 g/mol. The Hall–Kier alpha value is -2.83. The fraction of sp³-hybridized carbons (Fsp3) is 0.238. The molecule has 0 spiro atoms. The van der Waals surface area contributed by atoms with Gasteiger partial charge < -0.3 is 20.3 Å². The molecule has 28 heavy (non-hydrogen) atoms. The zero-order valence-electron chi connectivity index (χ0n) is 15.7. The summed E-state index contributed by atoms with van der Waals surface area (Å²) < 4.78 is 5.46. The fourth-order valence-electron chi connectivity index (χ4n) is 3.09. The van der Waals surface area contributed by atoms with Crippen molar-refractivity contribution in [2.24, 2.45) is 0 Å². The molecule has 1 fully saturated rings. The van der Waals surface area contributed by atoms with Crippen molar-refractivity contribution in [2.45, 2.75) is 6.92 Å². The Morgan fingerprint density at radius 2 is 1.86 bits per heavy atom. The van der Waals surface area contributed by atoms with Crippen LogP contribution < -0.4 is 15.5 Å². The first-order chi connectivity index (χ1) is 13.7. The number of nitrogens with zero attached hydrogens (tertiary/aromatic N) is 3. The van der Waals surface area contributed by atoms with Crippen LogP contribution in [0.5, 0.6) is 0 Å². The van der Waals surface area contributed by atoms with Gasteiger partial charge in [0, 0.05) is 30.0 Å². The van der Waals surface area contributed by atoms with Gasteiger partial charge in [-0.15, -0.1) is 0 Å². The second kappa shape index (κ2) is 8.46. The lowest BCUT2D eigenvalue weighted by Gasteiger charge is -2.30. The highest BCUT2D eigenvalue weighted by molar-refractivity contribution is 6.31. The molecule has 0 amide bonds.